The quantitative estimate of drug-likeness (QED) is 0.283. The standard InChI is InChI=1S/C29H31N9O4/c1-29(2,3)31-28(40)27(19-9-8-10-21(15-19)41-4)38(26(39)17-36-23-12-7-6-11-22(23)32-34-36)20-13-14-24(25(16-20)42-5)37-18-30-33-35-37/h6-16,18,27H,17H2,1-5H3,(H,31,40)/t27-/m0/s1. The van der Waals surface area contributed by atoms with Crippen LogP contribution < -0.4 is 19.7 Å². The van der Waals surface area contributed by atoms with Crippen molar-refractivity contribution in [2.75, 3.05) is 19.1 Å². The Kier molecular flexibility index (Phi) is 7.82. The van der Waals surface area contributed by atoms with E-state index in [9.17, 15) is 9.59 Å². The molecule has 42 heavy (non-hydrogen) atoms. The van der Waals surface area contributed by atoms with Crippen LogP contribution in [-0.4, -0.2) is 66.8 Å². The van der Waals surface area contributed by atoms with Crippen molar-refractivity contribution >= 4 is 28.5 Å². The zero-order valence-corrected chi connectivity index (χ0v) is 23.9. The highest BCUT2D eigenvalue weighted by molar-refractivity contribution is 6.02. The lowest BCUT2D eigenvalue weighted by Crippen LogP contribution is -2.50. The van der Waals surface area contributed by atoms with Crippen molar-refractivity contribution in [2.24, 2.45) is 0 Å². The van der Waals surface area contributed by atoms with Crippen molar-refractivity contribution in [3.8, 4) is 17.2 Å². The average molecular weight is 570 g/mol. The van der Waals surface area contributed by atoms with E-state index in [0.29, 0.717) is 39.5 Å². The molecule has 0 saturated heterocycles. The lowest BCUT2D eigenvalue weighted by Gasteiger charge is -2.34. The Hall–Kier alpha value is -5.33. The maximum Gasteiger partial charge on any atom is 0.249 e. The van der Waals surface area contributed by atoms with Gasteiger partial charge in [-0.05, 0) is 73.2 Å². The third-order valence-electron chi connectivity index (χ3n) is 6.43. The largest absolute Gasteiger partial charge is 0.497 e. The number of carbonyl (C=O) groups excluding carboxylic acids is 2. The molecule has 2 amide bonds. The number of nitrogens with zero attached hydrogens (tertiary/aromatic N) is 8. The summed E-state index contributed by atoms with van der Waals surface area (Å²) in [6, 6.07) is 18.5. The molecular formula is C29H31N9O4. The topological polar surface area (TPSA) is 142 Å². The summed E-state index contributed by atoms with van der Waals surface area (Å²) in [5.41, 5.74) is 2.28. The summed E-state index contributed by atoms with van der Waals surface area (Å²) in [5, 5.41) is 22.8. The number of nitrogens with one attached hydrogen (secondary N) is 1. The van der Waals surface area contributed by atoms with Crippen molar-refractivity contribution in [3.63, 3.8) is 0 Å². The highest BCUT2D eigenvalue weighted by atomic mass is 16.5. The van der Waals surface area contributed by atoms with Crippen molar-refractivity contribution in [1.29, 1.82) is 0 Å². The van der Waals surface area contributed by atoms with Gasteiger partial charge in [0.25, 0.3) is 0 Å². The third kappa shape index (κ3) is 5.89. The van der Waals surface area contributed by atoms with Gasteiger partial charge in [-0.3, -0.25) is 14.5 Å². The normalized spacial score (nSPS) is 12.1. The summed E-state index contributed by atoms with van der Waals surface area (Å²) in [6.45, 7) is 5.46. The van der Waals surface area contributed by atoms with Crippen LogP contribution in [0.1, 0.15) is 32.4 Å². The Morgan fingerprint density at radius 1 is 0.976 bits per heavy atom. The predicted octanol–water partition coefficient (Wildman–Crippen LogP) is 3.11. The van der Waals surface area contributed by atoms with Crippen LogP contribution in [0.4, 0.5) is 5.69 Å². The zero-order valence-electron chi connectivity index (χ0n) is 23.9. The van der Waals surface area contributed by atoms with Crippen LogP contribution in [0.2, 0.25) is 0 Å². The monoisotopic (exact) mass is 569 g/mol. The first-order chi connectivity index (χ1) is 20.2. The predicted molar refractivity (Wildman–Crippen MR) is 154 cm³/mol. The highest BCUT2D eigenvalue weighted by Crippen LogP contribution is 2.35. The molecule has 0 spiro atoms. The van der Waals surface area contributed by atoms with Gasteiger partial charge in [-0.2, -0.15) is 4.68 Å². The number of hydrogen-bond acceptors (Lipinski definition) is 9. The molecule has 1 atom stereocenters. The van der Waals surface area contributed by atoms with Gasteiger partial charge < -0.3 is 14.8 Å². The lowest BCUT2D eigenvalue weighted by molar-refractivity contribution is -0.128. The number of benzene rings is 3. The van der Waals surface area contributed by atoms with Crippen LogP contribution in [0.15, 0.2) is 73.1 Å². The number of tetrazole rings is 1. The molecule has 5 rings (SSSR count). The molecule has 0 bridgehead atoms. The lowest BCUT2D eigenvalue weighted by atomic mass is 10.00. The van der Waals surface area contributed by atoms with E-state index in [-0.39, 0.29) is 12.5 Å². The molecule has 1 N–H and O–H groups in total. The molecular weight excluding hydrogens is 538 g/mol. The van der Waals surface area contributed by atoms with Crippen molar-refractivity contribution in [2.45, 2.75) is 38.9 Å². The molecule has 0 aliphatic rings. The van der Waals surface area contributed by atoms with Crippen molar-refractivity contribution < 1.29 is 19.1 Å². The second-order valence-electron chi connectivity index (χ2n) is 10.5. The molecule has 13 nitrogen and oxygen atoms in total. The van der Waals surface area contributed by atoms with E-state index < -0.39 is 17.5 Å². The van der Waals surface area contributed by atoms with Gasteiger partial charge >= 0.3 is 0 Å². The highest BCUT2D eigenvalue weighted by Gasteiger charge is 2.35. The average Bonchev–Trinajstić information content (AvgIpc) is 3.65. The summed E-state index contributed by atoms with van der Waals surface area (Å²) >= 11 is 0. The minimum absolute atomic E-state index is 0.180. The number of rotatable bonds is 9. The Labute approximate surface area is 242 Å². The van der Waals surface area contributed by atoms with Gasteiger partial charge in [0.1, 0.15) is 41.6 Å². The summed E-state index contributed by atoms with van der Waals surface area (Å²) in [4.78, 5) is 29.9. The Morgan fingerprint density at radius 3 is 2.50 bits per heavy atom. The molecule has 2 heterocycles. The third-order valence-corrected chi connectivity index (χ3v) is 6.43. The van der Waals surface area contributed by atoms with Gasteiger partial charge in [-0.15, -0.1) is 10.2 Å². The molecule has 0 aliphatic heterocycles. The molecule has 5 aromatic rings. The number of ether oxygens (including phenoxy) is 2. The number of para-hydroxylation sites is 1. The second kappa shape index (κ2) is 11.6. The minimum Gasteiger partial charge on any atom is -0.497 e. The fourth-order valence-corrected chi connectivity index (χ4v) is 4.62. The van der Waals surface area contributed by atoms with Crippen LogP contribution >= 0.6 is 0 Å². The van der Waals surface area contributed by atoms with E-state index in [1.807, 2.05) is 45.0 Å². The maximum absolute atomic E-state index is 14.4. The maximum atomic E-state index is 14.4. The number of methoxy groups -OCH3 is 2. The number of carbonyl (C=O) groups is 2. The van der Waals surface area contributed by atoms with Crippen molar-refractivity contribution in [1.82, 2.24) is 40.5 Å². The summed E-state index contributed by atoms with van der Waals surface area (Å²) in [7, 11) is 3.05. The van der Waals surface area contributed by atoms with Gasteiger partial charge in [0.15, 0.2) is 0 Å². The molecule has 0 aliphatic carbocycles. The summed E-state index contributed by atoms with van der Waals surface area (Å²) < 4.78 is 14.1. The van der Waals surface area contributed by atoms with Gasteiger partial charge in [0, 0.05) is 17.3 Å². The Morgan fingerprint density at radius 2 is 1.79 bits per heavy atom. The van der Waals surface area contributed by atoms with E-state index >= 15 is 0 Å². The van der Waals surface area contributed by atoms with E-state index in [4.69, 9.17) is 9.47 Å². The zero-order chi connectivity index (χ0) is 29.9. The van der Waals surface area contributed by atoms with E-state index in [1.165, 1.54) is 27.7 Å². The molecule has 0 radical (unpaired) electrons. The fraction of sp³-hybridized carbons (Fsp3) is 0.276. The van der Waals surface area contributed by atoms with E-state index in [0.717, 1.165) is 0 Å². The number of amides is 2. The van der Waals surface area contributed by atoms with Crippen LogP contribution in [0, 0.1) is 0 Å². The minimum atomic E-state index is -1.08. The molecule has 3 aromatic carbocycles. The number of aromatic nitrogens is 7. The fourth-order valence-electron chi connectivity index (χ4n) is 4.62. The van der Waals surface area contributed by atoms with Crippen LogP contribution in [0.25, 0.3) is 16.7 Å². The van der Waals surface area contributed by atoms with Crippen LogP contribution in [0.3, 0.4) is 0 Å². The van der Waals surface area contributed by atoms with Gasteiger partial charge in [0.05, 0.1) is 19.7 Å². The van der Waals surface area contributed by atoms with Gasteiger partial charge in [-0.25, -0.2) is 4.68 Å². The first kappa shape index (κ1) is 28.2. The summed E-state index contributed by atoms with van der Waals surface area (Å²) in [6.07, 6.45) is 1.44. The molecule has 216 valence electrons. The smallest absolute Gasteiger partial charge is 0.249 e. The molecule has 0 saturated carbocycles. The van der Waals surface area contributed by atoms with Crippen LogP contribution in [-0.2, 0) is 16.1 Å². The first-order valence-corrected chi connectivity index (χ1v) is 13.2. The Balaban J connectivity index is 1.67. The number of hydrogen-bond donors (Lipinski definition) is 1. The van der Waals surface area contributed by atoms with Crippen molar-refractivity contribution in [3.05, 3.63) is 78.6 Å². The second-order valence-corrected chi connectivity index (χ2v) is 10.5. The summed E-state index contributed by atoms with van der Waals surface area (Å²) in [5.74, 6) is 0.155. The number of anilines is 1. The molecule has 0 unspecified atom stereocenters. The van der Waals surface area contributed by atoms with Gasteiger partial charge in [0.2, 0.25) is 11.8 Å². The SMILES string of the molecule is COc1cccc([C@@H](C(=O)NC(C)(C)C)N(C(=O)Cn2nnc3ccccc32)c2ccc(-n3cnnn3)c(OC)c2)c1. The van der Waals surface area contributed by atoms with E-state index in [2.05, 4.69) is 31.2 Å². The molecule has 2 aromatic heterocycles. The number of fused-ring (bicyclic) bond motifs is 1. The van der Waals surface area contributed by atoms with E-state index in [1.54, 1.807) is 49.6 Å². The Bertz CT molecular complexity index is 1710. The van der Waals surface area contributed by atoms with Crippen LogP contribution in [0.5, 0.6) is 11.5 Å². The first-order valence-electron chi connectivity index (χ1n) is 13.2. The van der Waals surface area contributed by atoms with Gasteiger partial charge in [-0.1, -0.05) is 29.5 Å². The molecule has 13 heteroatoms. The molecule has 0 fully saturated rings.